The summed E-state index contributed by atoms with van der Waals surface area (Å²) in [6.45, 7) is 4.61. The molecule has 0 atom stereocenters. The number of hydrogen-bond acceptors (Lipinski definition) is 5. The smallest absolute Gasteiger partial charge is 0.306 e. The largest absolute Gasteiger partial charge is 0.493 e. The van der Waals surface area contributed by atoms with E-state index in [0.717, 1.165) is 0 Å². The number of piperidine rings is 1. The van der Waals surface area contributed by atoms with Gasteiger partial charge in [0.2, 0.25) is 5.91 Å². The Morgan fingerprint density at radius 1 is 1.29 bits per heavy atom. The van der Waals surface area contributed by atoms with E-state index in [9.17, 15) is 14.4 Å². The SMILES string of the molecule is C=CCOc1ccc(C(=O)N(C)CC(=O)N2CCC(C(=O)O)CC2)cc1OC. The molecule has 0 spiro atoms. The van der Waals surface area contributed by atoms with Crippen molar-refractivity contribution in [3.8, 4) is 11.5 Å². The van der Waals surface area contributed by atoms with E-state index < -0.39 is 11.9 Å². The second-order valence-corrected chi connectivity index (χ2v) is 6.62. The number of hydrogen-bond donors (Lipinski definition) is 1. The van der Waals surface area contributed by atoms with Crippen LogP contribution in [-0.2, 0) is 9.59 Å². The number of nitrogens with zero attached hydrogens (tertiary/aromatic N) is 2. The Morgan fingerprint density at radius 2 is 1.96 bits per heavy atom. The Hall–Kier alpha value is -3.03. The number of rotatable bonds is 8. The maximum Gasteiger partial charge on any atom is 0.306 e. The summed E-state index contributed by atoms with van der Waals surface area (Å²) in [5.41, 5.74) is 0.377. The van der Waals surface area contributed by atoms with E-state index in [4.69, 9.17) is 14.6 Å². The van der Waals surface area contributed by atoms with Gasteiger partial charge in [0.05, 0.1) is 19.6 Å². The molecule has 1 fully saturated rings. The summed E-state index contributed by atoms with van der Waals surface area (Å²) < 4.78 is 10.7. The highest BCUT2D eigenvalue weighted by Crippen LogP contribution is 2.28. The highest BCUT2D eigenvalue weighted by Gasteiger charge is 2.28. The summed E-state index contributed by atoms with van der Waals surface area (Å²) in [5.74, 6) is -0.825. The summed E-state index contributed by atoms with van der Waals surface area (Å²) in [4.78, 5) is 39.1. The van der Waals surface area contributed by atoms with Crippen LogP contribution in [0.5, 0.6) is 11.5 Å². The van der Waals surface area contributed by atoms with Gasteiger partial charge >= 0.3 is 5.97 Å². The minimum atomic E-state index is -0.825. The van der Waals surface area contributed by atoms with Crippen molar-refractivity contribution < 1.29 is 29.0 Å². The summed E-state index contributed by atoms with van der Waals surface area (Å²) in [6, 6.07) is 4.82. The van der Waals surface area contributed by atoms with Gasteiger partial charge in [0.25, 0.3) is 5.91 Å². The average molecular weight is 390 g/mol. The Balaban J connectivity index is 1.97. The van der Waals surface area contributed by atoms with Crippen molar-refractivity contribution in [2.24, 2.45) is 5.92 Å². The summed E-state index contributed by atoms with van der Waals surface area (Å²) in [6.07, 6.45) is 2.47. The van der Waals surface area contributed by atoms with E-state index in [-0.39, 0.29) is 18.4 Å². The van der Waals surface area contributed by atoms with Crippen molar-refractivity contribution in [1.29, 1.82) is 0 Å². The quantitative estimate of drug-likeness (QED) is 0.678. The van der Waals surface area contributed by atoms with Gasteiger partial charge in [-0.05, 0) is 31.0 Å². The third-order valence-corrected chi connectivity index (χ3v) is 4.68. The maximum atomic E-state index is 12.7. The Kier molecular flexibility index (Phi) is 7.43. The third kappa shape index (κ3) is 5.25. The molecule has 0 aromatic heterocycles. The molecule has 1 heterocycles. The zero-order chi connectivity index (χ0) is 20.7. The number of amides is 2. The molecule has 2 amide bonds. The van der Waals surface area contributed by atoms with Crippen LogP contribution in [0.4, 0.5) is 0 Å². The number of carbonyl (C=O) groups excluding carboxylic acids is 2. The standard InChI is InChI=1S/C20H26N2O6/c1-4-11-28-16-6-5-15(12-17(16)27-3)19(24)21(2)13-18(23)22-9-7-14(8-10-22)20(25)26/h4-6,12,14H,1,7-11,13H2,2-3H3,(H,25,26). The Bertz CT molecular complexity index is 740. The van der Waals surface area contributed by atoms with Crippen molar-refractivity contribution in [1.82, 2.24) is 9.80 Å². The third-order valence-electron chi connectivity index (χ3n) is 4.68. The molecule has 1 aromatic rings. The van der Waals surface area contributed by atoms with Crippen molar-refractivity contribution in [3.05, 3.63) is 36.4 Å². The predicted molar refractivity (Wildman–Crippen MR) is 103 cm³/mol. The molecule has 8 heteroatoms. The Morgan fingerprint density at radius 3 is 2.54 bits per heavy atom. The van der Waals surface area contributed by atoms with Crippen molar-refractivity contribution in [2.45, 2.75) is 12.8 Å². The molecule has 28 heavy (non-hydrogen) atoms. The van der Waals surface area contributed by atoms with Crippen LogP contribution in [0, 0.1) is 5.92 Å². The first kappa shape index (κ1) is 21.3. The zero-order valence-corrected chi connectivity index (χ0v) is 16.2. The molecule has 1 aliphatic heterocycles. The van der Waals surface area contributed by atoms with Gasteiger partial charge in [0, 0.05) is 25.7 Å². The number of aliphatic carboxylic acids is 1. The molecule has 1 saturated heterocycles. The van der Waals surface area contributed by atoms with E-state index in [1.54, 1.807) is 36.2 Å². The predicted octanol–water partition coefficient (Wildman–Crippen LogP) is 1.66. The van der Waals surface area contributed by atoms with E-state index in [2.05, 4.69) is 6.58 Å². The molecule has 2 rings (SSSR count). The number of carboxylic acid groups (broad SMARTS) is 1. The van der Waals surface area contributed by atoms with Gasteiger partial charge in [-0.3, -0.25) is 14.4 Å². The average Bonchev–Trinajstić information content (AvgIpc) is 2.71. The van der Waals surface area contributed by atoms with Crippen LogP contribution in [0.3, 0.4) is 0 Å². The molecular formula is C20H26N2O6. The lowest BCUT2D eigenvalue weighted by atomic mass is 9.97. The van der Waals surface area contributed by atoms with Gasteiger partial charge < -0.3 is 24.4 Å². The van der Waals surface area contributed by atoms with Gasteiger partial charge in [0.15, 0.2) is 11.5 Å². The molecule has 0 aliphatic carbocycles. The first-order valence-electron chi connectivity index (χ1n) is 9.05. The monoisotopic (exact) mass is 390 g/mol. The highest BCUT2D eigenvalue weighted by molar-refractivity contribution is 5.97. The van der Waals surface area contributed by atoms with Crippen LogP contribution in [0.1, 0.15) is 23.2 Å². The van der Waals surface area contributed by atoms with Gasteiger partial charge in [-0.2, -0.15) is 0 Å². The van der Waals surface area contributed by atoms with Crippen molar-refractivity contribution in [3.63, 3.8) is 0 Å². The van der Waals surface area contributed by atoms with E-state index >= 15 is 0 Å². The molecule has 8 nitrogen and oxygen atoms in total. The summed E-state index contributed by atoms with van der Waals surface area (Å²) >= 11 is 0. The van der Waals surface area contributed by atoms with Crippen molar-refractivity contribution in [2.75, 3.05) is 40.4 Å². The molecule has 1 N–H and O–H groups in total. The lowest BCUT2D eigenvalue weighted by Gasteiger charge is -2.31. The van der Waals surface area contributed by atoms with E-state index in [1.165, 1.54) is 12.0 Å². The fourth-order valence-corrected chi connectivity index (χ4v) is 3.04. The van der Waals surface area contributed by atoms with Crippen LogP contribution in [0.25, 0.3) is 0 Å². The van der Waals surface area contributed by atoms with Gasteiger partial charge in [-0.25, -0.2) is 0 Å². The maximum absolute atomic E-state index is 12.7. The lowest BCUT2D eigenvalue weighted by Crippen LogP contribution is -2.45. The first-order valence-corrected chi connectivity index (χ1v) is 9.05. The molecule has 0 radical (unpaired) electrons. The summed E-state index contributed by atoms with van der Waals surface area (Å²) in [5, 5.41) is 9.04. The second-order valence-electron chi connectivity index (χ2n) is 6.62. The molecule has 1 aromatic carbocycles. The van der Waals surface area contributed by atoms with Crippen LogP contribution < -0.4 is 9.47 Å². The van der Waals surface area contributed by atoms with Crippen LogP contribution in [0.15, 0.2) is 30.9 Å². The number of likely N-dealkylation sites (N-methyl/N-ethyl adjacent to an activating group) is 1. The minimum Gasteiger partial charge on any atom is -0.493 e. The number of carbonyl (C=O) groups is 3. The fraction of sp³-hybridized carbons (Fsp3) is 0.450. The van der Waals surface area contributed by atoms with Gasteiger partial charge in [-0.1, -0.05) is 12.7 Å². The molecule has 152 valence electrons. The first-order chi connectivity index (χ1) is 13.4. The number of carboxylic acids is 1. The van der Waals surface area contributed by atoms with Crippen LogP contribution in [-0.4, -0.2) is 73.1 Å². The molecule has 0 unspecified atom stereocenters. The van der Waals surface area contributed by atoms with Gasteiger partial charge in [-0.15, -0.1) is 0 Å². The highest BCUT2D eigenvalue weighted by atomic mass is 16.5. The number of methoxy groups -OCH3 is 1. The second kappa shape index (κ2) is 9.77. The number of likely N-dealkylation sites (tertiary alicyclic amines) is 1. The normalized spacial score (nSPS) is 14.3. The number of benzene rings is 1. The molecular weight excluding hydrogens is 364 g/mol. The topological polar surface area (TPSA) is 96.4 Å². The number of ether oxygens (including phenoxy) is 2. The van der Waals surface area contributed by atoms with Crippen LogP contribution in [0.2, 0.25) is 0 Å². The van der Waals surface area contributed by atoms with Gasteiger partial charge in [0.1, 0.15) is 6.61 Å². The molecule has 0 saturated carbocycles. The minimum absolute atomic E-state index is 0.0758. The lowest BCUT2D eigenvalue weighted by molar-refractivity contribution is -0.145. The molecule has 0 bridgehead atoms. The van der Waals surface area contributed by atoms with Crippen LogP contribution >= 0.6 is 0 Å². The molecule has 1 aliphatic rings. The zero-order valence-electron chi connectivity index (χ0n) is 16.2. The Labute approximate surface area is 164 Å². The summed E-state index contributed by atoms with van der Waals surface area (Å²) in [7, 11) is 3.04. The van der Waals surface area contributed by atoms with E-state index in [1.807, 2.05) is 0 Å². The fourth-order valence-electron chi connectivity index (χ4n) is 3.04. The van der Waals surface area contributed by atoms with Crippen molar-refractivity contribution >= 4 is 17.8 Å². The van der Waals surface area contributed by atoms with E-state index in [0.29, 0.717) is 49.6 Å².